The first-order valence-corrected chi connectivity index (χ1v) is 5.94. The summed E-state index contributed by atoms with van der Waals surface area (Å²) in [5.41, 5.74) is 7.16. The molecule has 78 valence electrons. The highest BCUT2D eigenvalue weighted by atomic mass is 32.1. The van der Waals surface area contributed by atoms with E-state index in [-0.39, 0.29) is 0 Å². The predicted molar refractivity (Wildman–Crippen MR) is 61.8 cm³/mol. The quantitative estimate of drug-likeness (QED) is 0.808. The van der Waals surface area contributed by atoms with Crippen molar-refractivity contribution in [3.05, 3.63) is 5.56 Å². The van der Waals surface area contributed by atoms with Crippen LogP contribution in [0.15, 0.2) is 0 Å². The highest BCUT2D eigenvalue weighted by molar-refractivity contribution is 7.10. The third-order valence-corrected chi connectivity index (χ3v) is 4.21. The van der Waals surface area contributed by atoms with Gasteiger partial charge in [0.25, 0.3) is 0 Å². The average Bonchev–Trinajstić information content (AvgIpc) is 2.42. The maximum absolute atomic E-state index is 5.72. The fourth-order valence-corrected chi connectivity index (χ4v) is 2.71. The van der Waals surface area contributed by atoms with Crippen LogP contribution in [0, 0.1) is 6.92 Å². The first-order chi connectivity index (χ1) is 6.67. The van der Waals surface area contributed by atoms with Crippen LogP contribution in [0.4, 0.5) is 10.8 Å². The maximum atomic E-state index is 5.72. The number of hydrogen-bond donors (Lipinski definition) is 2. The van der Waals surface area contributed by atoms with Crippen LogP contribution in [0.2, 0.25) is 0 Å². The maximum Gasteiger partial charge on any atom is 0.142 e. The third kappa shape index (κ3) is 1.47. The van der Waals surface area contributed by atoms with Crippen LogP contribution >= 0.6 is 11.5 Å². The lowest BCUT2D eigenvalue weighted by atomic mass is 9.75. The van der Waals surface area contributed by atoms with E-state index in [2.05, 4.69) is 16.6 Å². The molecule has 1 aliphatic carbocycles. The summed E-state index contributed by atoms with van der Waals surface area (Å²) in [6.07, 6.45) is 5.08. The van der Waals surface area contributed by atoms with Gasteiger partial charge >= 0.3 is 0 Å². The van der Waals surface area contributed by atoms with E-state index in [1.807, 2.05) is 6.92 Å². The van der Waals surface area contributed by atoms with Crippen molar-refractivity contribution in [3.8, 4) is 0 Å². The number of nitrogens with one attached hydrogen (secondary N) is 1. The summed E-state index contributed by atoms with van der Waals surface area (Å²) in [6, 6.07) is 0. The zero-order chi connectivity index (χ0) is 10.2. The molecule has 0 aliphatic heterocycles. The van der Waals surface area contributed by atoms with Crippen molar-refractivity contribution in [2.24, 2.45) is 0 Å². The van der Waals surface area contributed by atoms with Gasteiger partial charge < -0.3 is 11.1 Å². The summed E-state index contributed by atoms with van der Waals surface area (Å²) in [5.74, 6) is 0.670. The largest absolute Gasteiger partial charge is 0.383 e. The number of hydrogen-bond acceptors (Lipinski definition) is 4. The Labute approximate surface area is 88.9 Å². The van der Waals surface area contributed by atoms with E-state index < -0.39 is 0 Å². The second-order valence-electron chi connectivity index (χ2n) is 4.13. The van der Waals surface area contributed by atoms with E-state index in [1.165, 1.54) is 37.2 Å². The molecule has 1 heterocycles. The van der Waals surface area contributed by atoms with Crippen molar-refractivity contribution in [3.63, 3.8) is 0 Å². The smallest absolute Gasteiger partial charge is 0.142 e. The van der Waals surface area contributed by atoms with Crippen LogP contribution in [-0.2, 0) is 0 Å². The second-order valence-corrected chi connectivity index (χ2v) is 4.91. The molecule has 3 nitrogen and oxygen atoms in total. The molecular weight excluding hydrogens is 194 g/mol. The SMILES string of the molecule is CCC1(Nc2snc(N)c2C)CCC1. The predicted octanol–water partition coefficient (Wildman–Crippen LogP) is 2.78. The van der Waals surface area contributed by atoms with Gasteiger partial charge in [0.2, 0.25) is 0 Å². The molecule has 0 atom stereocenters. The van der Waals surface area contributed by atoms with Gasteiger partial charge in [0.15, 0.2) is 0 Å². The van der Waals surface area contributed by atoms with E-state index >= 15 is 0 Å². The van der Waals surface area contributed by atoms with E-state index in [0.717, 1.165) is 10.6 Å². The fraction of sp³-hybridized carbons (Fsp3) is 0.700. The highest BCUT2D eigenvalue weighted by Gasteiger charge is 2.35. The van der Waals surface area contributed by atoms with Crippen molar-refractivity contribution < 1.29 is 0 Å². The van der Waals surface area contributed by atoms with Gasteiger partial charge in [-0.1, -0.05) is 6.92 Å². The summed E-state index contributed by atoms with van der Waals surface area (Å²) >= 11 is 1.48. The number of nitrogens with zero attached hydrogens (tertiary/aromatic N) is 1. The molecule has 4 heteroatoms. The van der Waals surface area contributed by atoms with E-state index in [0.29, 0.717) is 11.4 Å². The lowest BCUT2D eigenvalue weighted by Gasteiger charge is -2.42. The van der Waals surface area contributed by atoms with Crippen LogP contribution in [0.25, 0.3) is 0 Å². The first-order valence-electron chi connectivity index (χ1n) is 5.17. The van der Waals surface area contributed by atoms with Crippen LogP contribution in [-0.4, -0.2) is 9.91 Å². The Morgan fingerprint density at radius 2 is 2.29 bits per heavy atom. The molecule has 0 spiro atoms. The van der Waals surface area contributed by atoms with E-state index in [1.54, 1.807) is 0 Å². The third-order valence-electron chi connectivity index (χ3n) is 3.33. The van der Waals surface area contributed by atoms with Crippen molar-refractivity contribution >= 4 is 22.4 Å². The van der Waals surface area contributed by atoms with Gasteiger partial charge in [-0.05, 0) is 44.1 Å². The average molecular weight is 211 g/mol. The molecule has 1 saturated carbocycles. The van der Waals surface area contributed by atoms with Crippen LogP contribution in [0.3, 0.4) is 0 Å². The zero-order valence-electron chi connectivity index (χ0n) is 8.76. The normalized spacial score (nSPS) is 19.0. The Balaban J connectivity index is 2.13. The van der Waals surface area contributed by atoms with Gasteiger partial charge in [0, 0.05) is 11.1 Å². The Morgan fingerprint density at radius 1 is 1.57 bits per heavy atom. The number of nitrogens with two attached hydrogens (primary N) is 1. The Bertz CT molecular complexity index is 323. The molecule has 0 saturated heterocycles. The van der Waals surface area contributed by atoms with Gasteiger partial charge in [-0.15, -0.1) is 0 Å². The molecule has 1 fully saturated rings. The van der Waals surface area contributed by atoms with Gasteiger partial charge in [0.1, 0.15) is 10.8 Å². The highest BCUT2D eigenvalue weighted by Crippen LogP contribution is 2.40. The Kier molecular flexibility index (Phi) is 2.39. The van der Waals surface area contributed by atoms with Gasteiger partial charge in [-0.2, -0.15) is 4.37 Å². The standard InChI is InChI=1S/C10H17N3S/c1-3-10(5-4-6-10)12-9-7(2)8(11)13-14-9/h12H,3-6H2,1-2H3,(H2,11,13). The van der Waals surface area contributed by atoms with E-state index in [9.17, 15) is 0 Å². The minimum Gasteiger partial charge on any atom is -0.383 e. The minimum atomic E-state index is 0.337. The monoisotopic (exact) mass is 211 g/mol. The summed E-state index contributed by atoms with van der Waals surface area (Å²) < 4.78 is 4.15. The number of rotatable bonds is 3. The van der Waals surface area contributed by atoms with Gasteiger partial charge in [0.05, 0.1) is 0 Å². The van der Waals surface area contributed by atoms with Crippen molar-refractivity contribution in [1.82, 2.24) is 4.37 Å². The summed E-state index contributed by atoms with van der Waals surface area (Å²) in [4.78, 5) is 0. The van der Waals surface area contributed by atoms with Crippen molar-refractivity contribution in [2.45, 2.75) is 45.1 Å². The minimum absolute atomic E-state index is 0.337. The van der Waals surface area contributed by atoms with Crippen molar-refractivity contribution in [2.75, 3.05) is 11.1 Å². The molecule has 0 amide bonds. The molecule has 14 heavy (non-hydrogen) atoms. The van der Waals surface area contributed by atoms with Crippen LogP contribution < -0.4 is 11.1 Å². The van der Waals surface area contributed by atoms with Crippen molar-refractivity contribution in [1.29, 1.82) is 0 Å². The van der Waals surface area contributed by atoms with Gasteiger partial charge in [-0.3, -0.25) is 0 Å². The molecule has 0 radical (unpaired) electrons. The molecule has 3 N–H and O–H groups in total. The summed E-state index contributed by atoms with van der Waals surface area (Å²) in [5, 5.41) is 4.76. The van der Waals surface area contributed by atoms with Crippen LogP contribution in [0.1, 0.15) is 38.2 Å². The molecular formula is C10H17N3S. The molecule has 1 aliphatic rings. The second kappa shape index (κ2) is 3.42. The summed E-state index contributed by atoms with van der Waals surface area (Å²) in [6.45, 7) is 4.27. The Hall–Kier alpha value is -0.770. The van der Waals surface area contributed by atoms with Gasteiger partial charge in [-0.25, -0.2) is 0 Å². The molecule has 0 aromatic carbocycles. The molecule has 0 unspecified atom stereocenters. The number of nitrogen functional groups attached to an aromatic ring is 1. The molecule has 1 aromatic heterocycles. The molecule has 1 aromatic rings. The Morgan fingerprint density at radius 3 is 2.64 bits per heavy atom. The number of aromatic nitrogens is 1. The van der Waals surface area contributed by atoms with E-state index in [4.69, 9.17) is 5.73 Å². The molecule has 2 rings (SSSR count). The lowest BCUT2D eigenvalue weighted by molar-refractivity contribution is 0.270. The molecule has 0 bridgehead atoms. The fourth-order valence-electron chi connectivity index (χ4n) is 1.88. The number of anilines is 2. The zero-order valence-corrected chi connectivity index (χ0v) is 9.58. The summed E-state index contributed by atoms with van der Waals surface area (Å²) in [7, 11) is 0. The van der Waals surface area contributed by atoms with Crippen LogP contribution in [0.5, 0.6) is 0 Å². The lowest BCUT2D eigenvalue weighted by Crippen LogP contribution is -2.44. The first kappa shape index (κ1) is 9.77. The topological polar surface area (TPSA) is 50.9 Å².